The summed E-state index contributed by atoms with van der Waals surface area (Å²) in [7, 11) is 0. The molecule has 1 fully saturated rings. The molecule has 0 aliphatic carbocycles. The maximum absolute atomic E-state index is 12.9. The monoisotopic (exact) mass is 457 g/mol. The van der Waals surface area contributed by atoms with Gasteiger partial charge in [0.15, 0.2) is 0 Å². The van der Waals surface area contributed by atoms with Crippen LogP contribution in [0.5, 0.6) is 5.75 Å². The van der Waals surface area contributed by atoms with Gasteiger partial charge in [0, 0.05) is 12.1 Å². The summed E-state index contributed by atoms with van der Waals surface area (Å²) in [5, 5.41) is 0. The van der Waals surface area contributed by atoms with Gasteiger partial charge in [-0.1, -0.05) is 107 Å². The second kappa shape index (κ2) is 12.4. The van der Waals surface area contributed by atoms with Gasteiger partial charge in [0.25, 0.3) is 5.91 Å². The topological polar surface area (TPSA) is 29.5 Å². The van der Waals surface area contributed by atoms with Gasteiger partial charge in [-0.2, -0.15) is 0 Å². The van der Waals surface area contributed by atoms with Crippen molar-refractivity contribution in [3.63, 3.8) is 0 Å². The minimum Gasteiger partial charge on any atom is -0.485 e. The molecule has 1 saturated heterocycles. The Kier molecular flexibility index (Phi) is 9.66. The van der Waals surface area contributed by atoms with Crippen molar-refractivity contribution in [2.24, 2.45) is 0 Å². The quantitative estimate of drug-likeness (QED) is 0.184. The van der Waals surface area contributed by atoms with E-state index in [-0.39, 0.29) is 12.0 Å². The van der Waals surface area contributed by atoms with Crippen LogP contribution in [0.1, 0.15) is 83.6 Å². The average Bonchev–Trinajstić information content (AvgIpc) is 3.02. The number of ether oxygens (including phenoxy) is 1. The van der Waals surface area contributed by atoms with Crippen LogP contribution < -0.4 is 4.74 Å². The molecule has 0 bridgehead atoms. The lowest BCUT2D eigenvalue weighted by atomic mass is 10.0. The zero-order valence-corrected chi connectivity index (χ0v) is 20.5. The predicted octanol–water partition coefficient (Wildman–Crippen LogP) is 7.52. The first-order valence-corrected chi connectivity index (χ1v) is 13.0. The van der Waals surface area contributed by atoms with Gasteiger partial charge in [-0.15, -0.1) is 0 Å². The highest BCUT2D eigenvalue weighted by molar-refractivity contribution is 8.26. The van der Waals surface area contributed by atoms with Crippen LogP contribution in [0.2, 0.25) is 0 Å². The summed E-state index contributed by atoms with van der Waals surface area (Å²) < 4.78 is 6.68. The number of fused-ring (bicyclic) bond motifs is 1. The maximum Gasteiger partial charge on any atom is 0.266 e. The molecule has 0 spiro atoms. The molecule has 1 aromatic rings. The van der Waals surface area contributed by atoms with Gasteiger partial charge in [-0.3, -0.25) is 9.69 Å². The van der Waals surface area contributed by atoms with Crippen LogP contribution in [-0.2, 0) is 4.79 Å². The highest BCUT2D eigenvalue weighted by atomic mass is 32.2. The summed E-state index contributed by atoms with van der Waals surface area (Å²) in [5.41, 5.74) is 2.06. The van der Waals surface area contributed by atoms with Crippen molar-refractivity contribution < 1.29 is 9.53 Å². The van der Waals surface area contributed by atoms with Crippen molar-refractivity contribution in [1.29, 1.82) is 0 Å². The minimum atomic E-state index is -0.0830. The lowest BCUT2D eigenvalue weighted by molar-refractivity contribution is -0.122. The van der Waals surface area contributed by atoms with E-state index in [0.717, 1.165) is 36.3 Å². The zero-order valence-electron chi connectivity index (χ0n) is 18.9. The van der Waals surface area contributed by atoms with Gasteiger partial charge in [0.2, 0.25) is 0 Å². The number of hydrogen-bond acceptors (Lipinski definition) is 4. The summed E-state index contributed by atoms with van der Waals surface area (Å²) in [4.78, 5) is 15.4. The summed E-state index contributed by atoms with van der Waals surface area (Å²) >= 11 is 6.91. The molecule has 0 N–H and O–H groups in total. The Balaban J connectivity index is 1.44. The number of thioether (sulfide) groups is 1. The molecule has 3 nitrogen and oxygen atoms in total. The number of carbonyl (C=O) groups excluding carboxylic acids is 1. The highest BCUT2D eigenvalue weighted by Crippen LogP contribution is 2.35. The first kappa shape index (κ1) is 24.1. The Morgan fingerprint density at radius 1 is 1.03 bits per heavy atom. The van der Waals surface area contributed by atoms with Crippen molar-refractivity contribution in [3.05, 3.63) is 46.4 Å². The third-order valence-corrected chi connectivity index (χ3v) is 7.30. The minimum absolute atomic E-state index is 0.0397. The Morgan fingerprint density at radius 3 is 2.39 bits per heavy atom. The molecule has 2 aliphatic rings. The van der Waals surface area contributed by atoms with Gasteiger partial charge in [0.1, 0.15) is 16.2 Å². The van der Waals surface area contributed by atoms with Gasteiger partial charge in [-0.05, 0) is 37.1 Å². The molecule has 0 saturated carbocycles. The standard InChI is InChI=1S/C26H35NO2S2/c1-3-4-5-6-7-8-9-10-11-14-17-27-25(28)24(31-26(27)30)19-22-18-21-15-12-13-16-23(21)29-20(22)2/h12-13,15-16,18-20H,3-11,14,17H2,1-2H3/b24-19-/t20-/m1/s1. The molecule has 168 valence electrons. The third kappa shape index (κ3) is 6.95. The zero-order chi connectivity index (χ0) is 22.1. The Labute approximate surface area is 197 Å². The molecule has 1 aromatic carbocycles. The number of nitrogens with zero attached hydrogens (tertiary/aromatic N) is 1. The van der Waals surface area contributed by atoms with Crippen LogP contribution in [0.25, 0.3) is 6.08 Å². The molecular weight excluding hydrogens is 422 g/mol. The maximum atomic E-state index is 12.9. The van der Waals surface area contributed by atoms with Crippen molar-refractivity contribution in [3.8, 4) is 5.75 Å². The summed E-state index contributed by atoms with van der Waals surface area (Å²) in [6.07, 6.45) is 16.9. The van der Waals surface area contributed by atoms with E-state index in [1.54, 1.807) is 4.90 Å². The van der Waals surface area contributed by atoms with E-state index in [0.29, 0.717) is 9.23 Å². The SMILES string of the molecule is CCCCCCCCCCCCN1C(=O)/C(=C/C2=Cc3ccccc3O[C@@H]2C)SC1=S. The van der Waals surface area contributed by atoms with E-state index in [9.17, 15) is 4.79 Å². The van der Waals surface area contributed by atoms with Crippen molar-refractivity contribution in [2.75, 3.05) is 6.54 Å². The molecule has 5 heteroatoms. The van der Waals surface area contributed by atoms with Crippen LogP contribution in [0.3, 0.4) is 0 Å². The van der Waals surface area contributed by atoms with E-state index in [2.05, 4.69) is 13.0 Å². The van der Waals surface area contributed by atoms with Gasteiger partial charge < -0.3 is 4.74 Å². The smallest absolute Gasteiger partial charge is 0.266 e. The van der Waals surface area contributed by atoms with Crippen LogP contribution >= 0.6 is 24.0 Å². The second-order valence-corrected chi connectivity index (χ2v) is 10.1. The van der Waals surface area contributed by atoms with E-state index in [1.165, 1.54) is 63.1 Å². The molecule has 2 heterocycles. The summed E-state index contributed by atoms with van der Waals surface area (Å²) in [5.74, 6) is 0.929. The number of rotatable bonds is 12. The van der Waals surface area contributed by atoms with E-state index < -0.39 is 0 Å². The second-order valence-electron chi connectivity index (χ2n) is 8.46. The first-order chi connectivity index (χ1) is 15.1. The molecule has 1 amide bonds. The highest BCUT2D eigenvalue weighted by Gasteiger charge is 2.32. The molecule has 0 radical (unpaired) electrons. The Hall–Kier alpha value is -1.59. The van der Waals surface area contributed by atoms with E-state index >= 15 is 0 Å². The van der Waals surface area contributed by atoms with Crippen LogP contribution in [0.15, 0.2) is 40.8 Å². The van der Waals surface area contributed by atoms with Crippen molar-refractivity contribution >= 4 is 40.3 Å². The number of para-hydroxylation sites is 1. The van der Waals surface area contributed by atoms with Gasteiger partial charge in [0.05, 0.1) is 4.91 Å². The van der Waals surface area contributed by atoms with Crippen LogP contribution in [0.4, 0.5) is 0 Å². The number of amides is 1. The average molecular weight is 458 g/mol. The summed E-state index contributed by atoms with van der Waals surface area (Å²) in [6, 6.07) is 7.98. The fourth-order valence-electron chi connectivity index (χ4n) is 4.02. The molecule has 0 aromatic heterocycles. The summed E-state index contributed by atoms with van der Waals surface area (Å²) in [6.45, 7) is 5.00. The largest absolute Gasteiger partial charge is 0.485 e. The number of unbranched alkanes of at least 4 members (excludes halogenated alkanes) is 9. The van der Waals surface area contributed by atoms with Crippen molar-refractivity contribution in [2.45, 2.75) is 84.2 Å². The van der Waals surface area contributed by atoms with Crippen LogP contribution in [0, 0.1) is 0 Å². The molecule has 0 unspecified atom stereocenters. The predicted molar refractivity (Wildman–Crippen MR) is 136 cm³/mol. The molecule has 31 heavy (non-hydrogen) atoms. The fourth-order valence-corrected chi connectivity index (χ4v) is 5.33. The van der Waals surface area contributed by atoms with Gasteiger partial charge in [-0.25, -0.2) is 0 Å². The molecule has 2 aliphatic heterocycles. The third-order valence-electron chi connectivity index (χ3n) is 5.92. The van der Waals surface area contributed by atoms with Crippen LogP contribution in [-0.4, -0.2) is 27.8 Å². The Bertz CT molecular complexity index is 830. The molecule has 1 atom stereocenters. The fraction of sp³-hybridized carbons (Fsp3) is 0.538. The van der Waals surface area contributed by atoms with E-state index in [4.69, 9.17) is 17.0 Å². The number of thiocarbonyl (C=S) groups is 1. The number of benzene rings is 1. The molecular formula is C26H35NO2S2. The lowest BCUT2D eigenvalue weighted by Crippen LogP contribution is -2.29. The number of hydrogen-bond donors (Lipinski definition) is 0. The van der Waals surface area contributed by atoms with Gasteiger partial charge >= 0.3 is 0 Å². The molecule has 3 rings (SSSR count). The number of carbonyl (C=O) groups is 1. The lowest BCUT2D eigenvalue weighted by Gasteiger charge is -2.23. The normalized spacial score (nSPS) is 19.5. The van der Waals surface area contributed by atoms with Crippen molar-refractivity contribution in [1.82, 2.24) is 4.90 Å². The first-order valence-electron chi connectivity index (χ1n) is 11.8. The Morgan fingerprint density at radius 2 is 1.68 bits per heavy atom. The van der Waals surface area contributed by atoms with E-state index in [1.807, 2.05) is 37.3 Å².